The molecule has 0 atom stereocenters. The topological polar surface area (TPSA) is 3.24 Å². The summed E-state index contributed by atoms with van der Waals surface area (Å²) in [5.41, 5.74) is -0.136. The van der Waals surface area contributed by atoms with Crippen molar-refractivity contribution in [3.63, 3.8) is 0 Å². The van der Waals surface area contributed by atoms with Crippen molar-refractivity contribution in [2.45, 2.75) is 26.3 Å². The van der Waals surface area contributed by atoms with Crippen LogP contribution in [-0.4, -0.2) is 9.48 Å². The molecule has 4 heteroatoms. The van der Waals surface area contributed by atoms with Gasteiger partial charge in [0.05, 0.1) is 0 Å². The molecule has 0 bridgehead atoms. The van der Waals surface area contributed by atoms with Crippen LogP contribution < -0.4 is 29.6 Å². The van der Waals surface area contributed by atoms with Gasteiger partial charge in [-0.1, -0.05) is 0 Å². The van der Waals surface area contributed by atoms with E-state index in [0.29, 0.717) is 0 Å². The van der Waals surface area contributed by atoms with Gasteiger partial charge < -0.3 is 1.43 Å². The van der Waals surface area contributed by atoms with Gasteiger partial charge in [-0.2, -0.15) is 0 Å². The van der Waals surface area contributed by atoms with Gasteiger partial charge in [-0.3, -0.25) is 0 Å². The average molecular weight is 166 g/mol. The second-order valence-electron chi connectivity index (χ2n) is 2.40. The molecule has 0 aromatic rings. The van der Waals surface area contributed by atoms with Crippen molar-refractivity contribution in [3.05, 3.63) is 0 Å². The first kappa shape index (κ1) is 12.2. The summed E-state index contributed by atoms with van der Waals surface area (Å²) in [6, 6.07) is 0. The van der Waals surface area contributed by atoms with E-state index < -0.39 is 0 Å². The minimum absolute atomic E-state index is 0. The van der Waals surface area contributed by atoms with Gasteiger partial charge in [0.15, 0.2) is 0 Å². The molecule has 0 unspecified atom stereocenters. The van der Waals surface area contributed by atoms with Crippen LogP contribution in [0.2, 0.25) is 0 Å². The van der Waals surface area contributed by atoms with Crippen molar-refractivity contribution in [1.82, 2.24) is 3.94 Å². The maximum absolute atomic E-state index is 5.35. The van der Waals surface area contributed by atoms with Crippen LogP contribution in [0.1, 0.15) is 22.2 Å². The molecule has 0 saturated carbocycles. The zero-order valence-corrected chi connectivity index (χ0v) is 9.22. The fourth-order valence-corrected chi connectivity index (χ4v) is 0. The van der Waals surface area contributed by atoms with Crippen molar-refractivity contribution in [3.8, 4) is 0 Å². The molecule has 0 saturated heterocycles. The standard InChI is InChI=1S/C4H9Cl2N.Na.H/c1-4(2,3)7(5)6;;/h1-3H3;;/q;+1;-1. The third kappa shape index (κ3) is 5.67. The van der Waals surface area contributed by atoms with Crippen molar-refractivity contribution < 1.29 is 31.0 Å². The molecule has 0 heterocycles. The van der Waals surface area contributed by atoms with Crippen molar-refractivity contribution in [2.75, 3.05) is 0 Å². The normalized spacial score (nSPS) is 11.2. The largest absolute Gasteiger partial charge is 1.00 e. The van der Waals surface area contributed by atoms with Gasteiger partial charge in [-0.05, 0) is 44.3 Å². The average Bonchev–Trinajstić information content (AvgIpc) is 1.31. The molecule has 46 valence electrons. The molecule has 0 aliphatic heterocycles. The van der Waals surface area contributed by atoms with Crippen LogP contribution in [0, 0.1) is 0 Å². The number of rotatable bonds is 0. The van der Waals surface area contributed by atoms with Gasteiger partial charge in [0.2, 0.25) is 0 Å². The van der Waals surface area contributed by atoms with E-state index in [1.165, 1.54) is 0 Å². The Bertz CT molecular complexity index is 64.1. The van der Waals surface area contributed by atoms with E-state index in [-0.39, 0.29) is 36.5 Å². The molecule has 0 rings (SSSR count). The van der Waals surface area contributed by atoms with Crippen LogP contribution in [0.5, 0.6) is 0 Å². The van der Waals surface area contributed by atoms with Gasteiger partial charge in [-0.25, -0.2) is 0 Å². The van der Waals surface area contributed by atoms with Crippen LogP contribution >= 0.6 is 23.6 Å². The van der Waals surface area contributed by atoms with Crippen LogP contribution in [0.3, 0.4) is 0 Å². The Kier molecular flexibility index (Phi) is 6.69. The predicted octanol–water partition coefficient (Wildman–Crippen LogP) is -0.489. The Balaban J connectivity index is -0.000000180. The summed E-state index contributed by atoms with van der Waals surface area (Å²) < 4.78 is 1.13. The van der Waals surface area contributed by atoms with Gasteiger partial charge in [0.1, 0.15) is 0 Å². The third-order valence-electron chi connectivity index (χ3n) is 0.507. The molecule has 0 aliphatic rings. The van der Waals surface area contributed by atoms with Crippen molar-refractivity contribution >= 4 is 23.6 Å². The summed E-state index contributed by atoms with van der Waals surface area (Å²) in [6.45, 7) is 5.77. The van der Waals surface area contributed by atoms with Crippen molar-refractivity contribution in [1.29, 1.82) is 0 Å². The summed E-state index contributed by atoms with van der Waals surface area (Å²) >= 11 is 10.7. The second kappa shape index (κ2) is 4.37. The third-order valence-corrected chi connectivity index (χ3v) is 1.52. The molecule has 1 nitrogen and oxygen atoms in total. The predicted molar refractivity (Wildman–Crippen MR) is 34.4 cm³/mol. The molecule has 0 aromatic carbocycles. The van der Waals surface area contributed by atoms with Crippen LogP contribution in [0.4, 0.5) is 0 Å². The maximum Gasteiger partial charge on any atom is 1.00 e. The van der Waals surface area contributed by atoms with Crippen LogP contribution in [0.25, 0.3) is 0 Å². The Hall–Kier alpha value is 1.54. The minimum atomic E-state index is -0.136. The fourth-order valence-electron chi connectivity index (χ4n) is 0. The zero-order valence-electron chi connectivity index (χ0n) is 6.70. The van der Waals surface area contributed by atoms with E-state index in [2.05, 4.69) is 0 Å². The van der Waals surface area contributed by atoms with E-state index in [9.17, 15) is 0 Å². The molecule has 8 heavy (non-hydrogen) atoms. The van der Waals surface area contributed by atoms with E-state index in [4.69, 9.17) is 23.6 Å². The Labute approximate surface area is 84.3 Å². The van der Waals surface area contributed by atoms with Gasteiger partial charge in [0.25, 0.3) is 0 Å². The van der Waals surface area contributed by atoms with E-state index in [1.54, 1.807) is 0 Å². The molecule has 0 N–H and O–H groups in total. The quantitative estimate of drug-likeness (QED) is 0.346. The fraction of sp³-hybridized carbons (Fsp3) is 1.00. The molecular formula is C4H10Cl2NNa. The molecule has 0 aromatic heterocycles. The molecular weight excluding hydrogens is 156 g/mol. The number of nitrogens with zero attached hydrogens (tertiary/aromatic N) is 1. The molecule has 0 radical (unpaired) electrons. The summed E-state index contributed by atoms with van der Waals surface area (Å²) in [7, 11) is 0. The number of hydrogen-bond acceptors (Lipinski definition) is 1. The van der Waals surface area contributed by atoms with Crippen LogP contribution in [0.15, 0.2) is 0 Å². The van der Waals surface area contributed by atoms with E-state index >= 15 is 0 Å². The first-order chi connectivity index (χ1) is 2.94. The first-order valence-corrected chi connectivity index (χ1v) is 2.74. The molecule has 0 amide bonds. The molecule has 0 aliphatic carbocycles. The smallest absolute Gasteiger partial charge is 1.00 e. The molecule has 0 spiro atoms. The number of hydrogen-bond donors (Lipinski definition) is 0. The van der Waals surface area contributed by atoms with E-state index in [1.807, 2.05) is 20.8 Å². The molecule has 0 fully saturated rings. The van der Waals surface area contributed by atoms with Crippen LogP contribution in [-0.2, 0) is 0 Å². The van der Waals surface area contributed by atoms with E-state index in [0.717, 1.165) is 3.94 Å². The minimum Gasteiger partial charge on any atom is -1.00 e. The van der Waals surface area contributed by atoms with Gasteiger partial charge in [0, 0.05) is 5.54 Å². The Morgan fingerprint density at radius 2 is 1.38 bits per heavy atom. The van der Waals surface area contributed by atoms with Gasteiger partial charge >= 0.3 is 29.6 Å². The van der Waals surface area contributed by atoms with Crippen molar-refractivity contribution in [2.24, 2.45) is 0 Å². The Morgan fingerprint density at radius 1 is 1.25 bits per heavy atom. The van der Waals surface area contributed by atoms with Gasteiger partial charge in [-0.15, -0.1) is 3.94 Å². The second-order valence-corrected chi connectivity index (χ2v) is 3.25. The monoisotopic (exact) mass is 165 g/mol. The summed E-state index contributed by atoms with van der Waals surface area (Å²) in [4.78, 5) is 0. The zero-order chi connectivity index (χ0) is 6.08. The Morgan fingerprint density at radius 3 is 1.38 bits per heavy atom. The summed E-state index contributed by atoms with van der Waals surface area (Å²) in [5, 5.41) is 0. The summed E-state index contributed by atoms with van der Waals surface area (Å²) in [5.74, 6) is 0. The first-order valence-electron chi connectivity index (χ1n) is 2.06. The number of halogens is 2. The SMILES string of the molecule is CC(C)(C)N(Cl)Cl.[H-].[Na+]. The summed E-state index contributed by atoms with van der Waals surface area (Å²) in [6.07, 6.45) is 0. The maximum atomic E-state index is 5.35.